The second-order valence-electron chi connectivity index (χ2n) is 6.10. The lowest BCUT2D eigenvalue weighted by atomic mass is 10.0. The van der Waals surface area contributed by atoms with E-state index in [1.807, 2.05) is 0 Å². The highest BCUT2D eigenvalue weighted by Crippen LogP contribution is 2.17. The van der Waals surface area contributed by atoms with Gasteiger partial charge in [-0.2, -0.15) is 0 Å². The van der Waals surface area contributed by atoms with Crippen molar-refractivity contribution in [1.82, 2.24) is 10.6 Å². The van der Waals surface area contributed by atoms with Crippen molar-refractivity contribution in [2.75, 3.05) is 13.6 Å². The Labute approximate surface area is 135 Å². The van der Waals surface area contributed by atoms with Crippen molar-refractivity contribution >= 4 is 12.0 Å². The van der Waals surface area contributed by atoms with Crippen LogP contribution in [0.2, 0.25) is 0 Å². The summed E-state index contributed by atoms with van der Waals surface area (Å²) in [6, 6.07) is 6.19. The van der Waals surface area contributed by atoms with Crippen molar-refractivity contribution in [3.05, 3.63) is 35.4 Å². The van der Waals surface area contributed by atoms with Gasteiger partial charge in [-0.05, 0) is 38.5 Å². The molecule has 0 saturated heterocycles. The molecule has 2 unspecified atom stereocenters. The summed E-state index contributed by atoms with van der Waals surface area (Å²) >= 11 is 0. The molecule has 1 aromatic rings. The molecule has 0 aliphatic rings. The topological polar surface area (TPSA) is 108 Å². The Morgan fingerprint density at radius 1 is 1.17 bits per heavy atom. The number of hydrogen-bond donors (Lipinski definition) is 4. The maximum absolute atomic E-state index is 11.5. The Bertz CT molecular complexity index is 536. The molecule has 0 fully saturated rings. The SMILES string of the molecule is CNC(=O)c1ccc(C(O)C(O)CNC(=O)OC(C)(C)C)cc1. The summed E-state index contributed by atoms with van der Waals surface area (Å²) < 4.78 is 5.04. The van der Waals surface area contributed by atoms with Crippen molar-refractivity contribution in [3.8, 4) is 0 Å². The number of ether oxygens (including phenoxy) is 1. The van der Waals surface area contributed by atoms with Gasteiger partial charge >= 0.3 is 6.09 Å². The fourth-order valence-corrected chi connectivity index (χ4v) is 1.81. The van der Waals surface area contributed by atoms with Gasteiger partial charge in [0.2, 0.25) is 0 Å². The van der Waals surface area contributed by atoms with E-state index >= 15 is 0 Å². The predicted molar refractivity (Wildman–Crippen MR) is 85.0 cm³/mol. The number of carbonyl (C=O) groups is 2. The third kappa shape index (κ3) is 6.25. The second-order valence-corrected chi connectivity index (χ2v) is 6.10. The molecule has 0 aromatic heterocycles. The zero-order valence-electron chi connectivity index (χ0n) is 13.8. The monoisotopic (exact) mass is 324 g/mol. The van der Waals surface area contributed by atoms with Crippen LogP contribution in [-0.4, -0.2) is 47.5 Å². The van der Waals surface area contributed by atoms with Crippen LogP contribution in [0, 0.1) is 0 Å². The second kappa shape index (κ2) is 7.94. The average Bonchev–Trinajstić information content (AvgIpc) is 2.49. The lowest BCUT2D eigenvalue weighted by Crippen LogP contribution is -2.38. The van der Waals surface area contributed by atoms with Gasteiger partial charge in [-0.25, -0.2) is 4.79 Å². The van der Waals surface area contributed by atoms with Crippen molar-refractivity contribution < 1.29 is 24.5 Å². The quantitative estimate of drug-likeness (QED) is 0.645. The van der Waals surface area contributed by atoms with Crippen molar-refractivity contribution in [1.29, 1.82) is 0 Å². The fraction of sp³-hybridized carbons (Fsp3) is 0.500. The van der Waals surface area contributed by atoms with Gasteiger partial charge in [0.1, 0.15) is 17.8 Å². The number of rotatable bonds is 5. The van der Waals surface area contributed by atoms with Crippen LogP contribution in [0.1, 0.15) is 42.8 Å². The van der Waals surface area contributed by atoms with Gasteiger partial charge in [0, 0.05) is 19.2 Å². The first-order valence-electron chi connectivity index (χ1n) is 7.29. The molecular weight excluding hydrogens is 300 g/mol. The van der Waals surface area contributed by atoms with E-state index in [-0.39, 0.29) is 12.5 Å². The van der Waals surface area contributed by atoms with E-state index in [4.69, 9.17) is 4.74 Å². The predicted octanol–water partition coefficient (Wildman–Crippen LogP) is 0.965. The van der Waals surface area contributed by atoms with E-state index in [1.165, 1.54) is 7.05 Å². The summed E-state index contributed by atoms with van der Waals surface area (Å²) in [7, 11) is 1.52. The van der Waals surface area contributed by atoms with Crippen LogP contribution < -0.4 is 10.6 Å². The highest BCUT2D eigenvalue weighted by molar-refractivity contribution is 5.93. The van der Waals surface area contributed by atoms with Gasteiger partial charge in [0.05, 0.1) is 0 Å². The number of carbonyl (C=O) groups excluding carboxylic acids is 2. The van der Waals surface area contributed by atoms with E-state index in [0.717, 1.165) is 0 Å². The summed E-state index contributed by atoms with van der Waals surface area (Å²) in [6.45, 7) is 5.02. The van der Waals surface area contributed by atoms with E-state index in [0.29, 0.717) is 11.1 Å². The molecule has 0 bridgehead atoms. The Morgan fingerprint density at radius 2 is 1.74 bits per heavy atom. The summed E-state index contributed by atoms with van der Waals surface area (Å²) in [5, 5.41) is 24.9. The summed E-state index contributed by atoms with van der Waals surface area (Å²) in [4.78, 5) is 22.9. The van der Waals surface area contributed by atoms with Gasteiger partial charge in [-0.1, -0.05) is 12.1 Å². The first kappa shape index (κ1) is 18.9. The number of benzene rings is 1. The highest BCUT2D eigenvalue weighted by atomic mass is 16.6. The van der Waals surface area contributed by atoms with E-state index in [1.54, 1.807) is 45.0 Å². The molecule has 128 valence electrons. The van der Waals surface area contributed by atoms with Crippen molar-refractivity contribution in [3.63, 3.8) is 0 Å². The first-order valence-corrected chi connectivity index (χ1v) is 7.29. The van der Waals surface area contributed by atoms with Crippen molar-refractivity contribution in [2.45, 2.75) is 38.6 Å². The third-order valence-electron chi connectivity index (χ3n) is 2.96. The molecule has 0 spiro atoms. The lowest BCUT2D eigenvalue weighted by molar-refractivity contribution is 0.0129. The standard InChI is InChI=1S/C16H24N2O5/c1-16(2,3)23-15(22)18-9-12(19)13(20)10-5-7-11(8-6-10)14(21)17-4/h5-8,12-13,19-20H,9H2,1-4H3,(H,17,21)(H,18,22). The molecular formula is C16H24N2O5. The molecule has 7 heteroatoms. The smallest absolute Gasteiger partial charge is 0.407 e. The minimum atomic E-state index is -1.20. The van der Waals surface area contributed by atoms with Gasteiger partial charge in [0.15, 0.2) is 0 Å². The maximum Gasteiger partial charge on any atom is 0.407 e. The van der Waals surface area contributed by atoms with E-state index in [2.05, 4.69) is 10.6 Å². The van der Waals surface area contributed by atoms with Gasteiger partial charge in [-0.3, -0.25) is 4.79 Å². The molecule has 0 radical (unpaired) electrons. The number of nitrogens with one attached hydrogen (secondary N) is 2. The molecule has 7 nitrogen and oxygen atoms in total. The molecule has 0 saturated carbocycles. The van der Waals surface area contributed by atoms with Crippen LogP contribution >= 0.6 is 0 Å². The minimum absolute atomic E-state index is 0.159. The largest absolute Gasteiger partial charge is 0.444 e. The summed E-state index contributed by atoms with van der Waals surface area (Å²) in [5.41, 5.74) is 0.254. The summed E-state index contributed by atoms with van der Waals surface area (Å²) in [6.07, 6.45) is -3.06. The summed E-state index contributed by atoms with van der Waals surface area (Å²) in [5.74, 6) is -0.238. The molecule has 1 aromatic carbocycles. The third-order valence-corrected chi connectivity index (χ3v) is 2.96. The van der Waals surface area contributed by atoms with Crippen LogP contribution in [0.3, 0.4) is 0 Å². The first-order chi connectivity index (χ1) is 10.6. The molecule has 0 aliphatic heterocycles. The van der Waals surface area contributed by atoms with Crippen molar-refractivity contribution in [2.24, 2.45) is 0 Å². The molecule has 1 rings (SSSR count). The number of hydrogen-bond acceptors (Lipinski definition) is 5. The maximum atomic E-state index is 11.5. The lowest BCUT2D eigenvalue weighted by Gasteiger charge is -2.22. The van der Waals surface area contributed by atoms with Gasteiger partial charge < -0.3 is 25.6 Å². The molecule has 0 aliphatic carbocycles. The molecule has 2 amide bonds. The zero-order chi connectivity index (χ0) is 17.6. The van der Waals surface area contributed by atoms with Gasteiger partial charge in [0.25, 0.3) is 5.91 Å². The van der Waals surface area contributed by atoms with E-state index < -0.39 is 23.9 Å². The fourth-order valence-electron chi connectivity index (χ4n) is 1.81. The van der Waals surface area contributed by atoms with Gasteiger partial charge in [-0.15, -0.1) is 0 Å². The normalized spacial score (nSPS) is 13.8. The Morgan fingerprint density at radius 3 is 2.22 bits per heavy atom. The number of amides is 2. The Hall–Kier alpha value is -2.12. The molecule has 0 heterocycles. The number of alkyl carbamates (subject to hydrolysis) is 1. The Balaban J connectivity index is 2.58. The zero-order valence-corrected chi connectivity index (χ0v) is 13.8. The number of aliphatic hydroxyl groups is 2. The molecule has 23 heavy (non-hydrogen) atoms. The van der Waals surface area contributed by atoms with Crippen LogP contribution in [0.4, 0.5) is 4.79 Å². The van der Waals surface area contributed by atoms with Crippen LogP contribution in [0.5, 0.6) is 0 Å². The van der Waals surface area contributed by atoms with Crippen LogP contribution in [-0.2, 0) is 4.74 Å². The van der Waals surface area contributed by atoms with Crippen LogP contribution in [0.15, 0.2) is 24.3 Å². The highest BCUT2D eigenvalue weighted by Gasteiger charge is 2.21. The minimum Gasteiger partial charge on any atom is -0.444 e. The molecule has 4 N–H and O–H groups in total. The molecule has 2 atom stereocenters. The van der Waals surface area contributed by atoms with E-state index in [9.17, 15) is 19.8 Å². The average molecular weight is 324 g/mol. The van der Waals surface area contributed by atoms with Crippen LogP contribution in [0.25, 0.3) is 0 Å². The Kier molecular flexibility index (Phi) is 6.53. The number of aliphatic hydroxyl groups excluding tert-OH is 2.